The van der Waals surface area contributed by atoms with Crippen LogP contribution in [0.2, 0.25) is 0 Å². The van der Waals surface area contributed by atoms with Crippen LogP contribution in [-0.4, -0.2) is 47.3 Å². The molecule has 0 rings (SSSR count). The Morgan fingerprint density at radius 1 is 1.41 bits per heavy atom. The molecular weight excluding hydrogens is 224 g/mol. The van der Waals surface area contributed by atoms with Crippen molar-refractivity contribution in [3.8, 4) is 0 Å². The Morgan fingerprint density at radius 3 is 2.29 bits per heavy atom. The number of likely N-dealkylation sites (N-methyl/N-ethyl adjacent to an activating group) is 1. The minimum Gasteiger partial charge on any atom is -0.480 e. The van der Waals surface area contributed by atoms with Gasteiger partial charge in [-0.15, -0.1) is 0 Å². The van der Waals surface area contributed by atoms with Crippen LogP contribution in [0.15, 0.2) is 0 Å². The van der Waals surface area contributed by atoms with E-state index in [0.29, 0.717) is 19.4 Å². The highest BCUT2D eigenvalue weighted by atomic mass is 16.6. The van der Waals surface area contributed by atoms with Crippen LogP contribution in [0.4, 0.5) is 4.79 Å². The molecule has 100 valence electrons. The molecule has 0 heterocycles. The maximum absolute atomic E-state index is 11.7. The molecule has 0 aromatic heterocycles. The number of rotatable bonds is 5. The normalized spacial score (nSPS) is 13.0. The molecule has 0 radical (unpaired) electrons. The highest BCUT2D eigenvalue weighted by Gasteiger charge is 2.29. The number of aliphatic carboxylic acids is 1. The third-order valence-electron chi connectivity index (χ3n) is 2.12. The summed E-state index contributed by atoms with van der Waals surface area (Å²) in [6.45, 7) is 5.59. The maximum Gasteiger partial charge on any atom is 0.410 e. The van der Waals surface area contributed by atoms with Gasteiger partial charge >= 0.3 is 12.1 Å². The maximum atomic E-state index is 11.7. The molecule has 0 bridgehead atoms. The molecule has 1 amide bonds. The van der Waals surface area contributed by atoms with E-state index in [9.17, 15) is 9.59 Å². The van der Waals surface area contributed by atoms with Crippen molar-refractivity contribution in [1.29, 1.82) is 0 Å². The highest BCUT2D eigenvalue weighted by Crippen LogP contribution is 2.13. The van der Waals surface area contributed by atoms with Gasteiger partial charge in [-0.05, 0) is 40.2 Å². The number of carbonyl (C=O) groups excluding carboxylic acids is 1. The molecule has 6 heteroatoms. The van der Waals surface area contributed by atoms with Crippen molar-refractivity contribution in [1.82, 2.24) is 4.90 Å². The van der Waals surface area contributed by atoms with E-state index in [4.69, 9.17) is 15.6 Å². The molecule has 0 spiro atoms. The summed E-state index contributed by atoms with van der Waals surface area (Å²) in [5.41, 5.74) is 4.69. The number of hydrogen-bond acceptors (Lipinski definition) is 4. The van der Waals surface area contributed by atoms with Crippen molar-refractivity contribution in [2.45, 2.75) is 45.3 Å². The van der Waals surface area contributed by atoms with Gasteiger partial charge in [0.25, 0.3) is 0 Å². The van der Waals surface area contributed by atoms with E-state index >= 15 is 0 Å². The Morgan fingerprint density at radius 2 is 1.94 bits per heavy atom. The minimum absolute atomic E-state index is 0.321. The van der Waals surface area contributed by atoms with Gasteiger partial charge in [-0.1, -0.05) is 0 Å². The fourth-order valence-electron chi connectivity index (χ4n) is 1.26. The lowest BCUT2D eigenvalue weighted by atomic mass is 10.1. The van der Waals surface area contributed by atoms with Gasteiger partial charge in [-0.25, -0.2) is 9.59 Å². The van der Waals surface area contributed by atoms with Crippen LogP contribution in [0.3, 0.4) is 0 Å². The van der Waals surface area contributed by atoms with Crippen LogP contribution in [-0.2, 0) is 9.53 Å². The van der Waals surface area contributed by atoms with Gasteiger partial charge in [0.2, 0.25) is 0 Å². The average Bonchev–Trinajstić information content (AvgIpc) is 2.14. The zero-order valence-electron chi connectivity index (χ0n) is 10.9. The minimum atomic E-state index is -1.05. The average molecular weight is 246 g/mol. The molecule has 3 N–H and O–H groups in total. The van der Waals surface area contributed by atoms with Gasteiger partial charge in [0.15, 0.2) is 0 Å². The van der Waals surface area contributed by atoms with E-state index in [1.807, 2.05) is 0 Å². The quantitative estimate of drug-likeness (QED) is 0.756. The molecule has 0 aliphatic carbocycles. The summed E-state index contributed by atoms with van der Waals surface area (Å²) in [6.07, 6.45) is 0.230. The zero-order chi connectivity index (χ0) is 13.6. The Balaban J connectivity index is 4.55. The summed E-state index contributed by atoms with van der Waals surface area (Å²) >= 11 is 0. The molecule has 1 atom stereocenters. The van der Waals surface area contributed by atoms with Crippen molar-refractivity contribution in [3.05, 3.63) is 0 Å². The second-order valence-electron chi connectivity index (χ2n) is 4.88. The molecule has 0 aliphatic rings. The third kappa shape index (κ3) is 6.11. The number of amides is 1. The molecule has 0 aromatic rings. The zero-order valence-corrected chi connectivity index (χ0v) is 10.9. The van der Waals surface area contributed by atoms with E-state index in [1.54, 1.807) is 20.8 Å². The summed E-state index contributed by atoms with van der Waals surface area (Å²) in [7, 11) is 1.42. The van der Waals surface area contributed by atoms with E-state index in [1.165, 1.54) is 7.05 Å². The molecule has 1 unspecified atom stereocenters. The summed E-state index contributed by atoms with van der Waals surface area (Å²) in [5.74, 6) is -1.05. The van der Waals surface area contributed by atoms with Gasteiger partial charge in [-0.3, -0.25) is 4.90 Å². The standard InChI is InChI=1S/C11H22N2O4/c1-11(2,3)17-10(16)13(4)8(9(14)15)6-5-7-12/h8H,5-7,12H2,1-4H3,(H,14,15). The summed E-state index contributed by atoms with van der Waals surface area (Å²) in [6, 6.07) is -0.895. The van der Waals surface area contributed by atoms with Crippen molar-refractivity contribution in [2.24, 2.45) is 5.73 Å². The molecule has 0 aromatic carbocycles. The van der Waals surface area contributed by atoms with Crippen LogP contribution in [0, 0.1) is 0 Å². The Kier molecular flexibility index (Phi) is 5.95. The lowest BCUT2D eigenvalue weighted by Crippen LogP contribution is -2.45. The lowest BCUT2D eigenvalue weighted by molar-refractivity contribution is -0.142. The molecule has 6 nitrogen and oxygen atoms in total. The number of nitrogens with zero attached hydrogens (tertiary/aromatic N) is 1. The number of hydrogen-bond donors (Lipinski definition) is 2. The van der Waals surface area contributed by atoms with Gasteiger partial charge in [-0.2, -0.15) is 0 Å². The van der Waals surface area contributed by atoms with Crippen LogP contribution < -0.4 is 5.73 Å². The van der Waals surface area contributed by atoms with Crippen molar-refractivity contribution >= 4 is 12.1 Å². The van der Waals surface area contributed by atoms with Crippen LogP contribution in [0.1, 0.15) is 33.6 Å². The van der Waals surface area contributed by atoms with Gasteiger partial charge < -0.3 is 15.6 Å². The topological polar surface area (TPSA) is 92.9 Å². The van der Waals surface area contributed by atoms with E-state index in [2.05, 4.69) is 0 Å². The van der Waals surface area contributed by atoms with E-state index in [0.717, 1.165) is 4.90 Å². The molecule has 0 fully saturated rings. The molecule has 0 aliphatic heterocycles. The number of carboxylic acid groups (broad SMARTS) is 1. The van der Waals surface area contributed by atoms with Gasteiger partial charge in [0.05, 0.1) is 0 Å². The first kappa shape index (κ1) is 15.7. The predicted molar refractivity (Wildman–Crippen MR) is 63.7 cm³/mol. The molecular formula is C11H22N2O4. The Bertz CT molecular complexity index is 273. The Hall–Kier alpha value is -1.30. The third-order valence-corrected chi connectivity index (χ3v) is 2.12. The van der Waals surface area contributed by atoms with Crippen LogP contribution in [0.5, 0.6) is 0 Å². The second-order valence-corrected chi connectivity index (χ2v) is 4.88. The van der Waals surface area contributed by atoms with Crippen molar-refractivity contribution in [3.63, 3.8) is 0 Å². The smallest absolute Gasteiger partial charge is 0.410 e. The van der Waals surface area contributed by atoms with Crippen molar-refractivity contribution in [2.75, 3.05) is 13.6 Å². The van der Waals surface area contributed by atoms with E-state index in [-0.39, 0.29) is 0 Å². The molecule has 17 heavy (non-hydrogen) atoms. The molecule has 0 saturated heterocycles. The first-order valence-corrected chi connectivity index (χ1v) is 5.57. The van der Waals surface area contributed by atoms with Gasteiger partial charge in [0.1, 0.15) is 11.6 Å². The first-order chi connectivity index (χ1) is 7.69. The highest BCUT2D eigenvalue weighted by molar-refractivity contribution is 5.79. The largest absolute Gasteiger partial charge is 0.480 e. The fourth-order valence-corrected chi connectivity index (χ4v) is 1.26. The lowest BCUT2D eigenvalue weighted by Gasteiger charge is -2.28. The van der Waals surface area contributed by atoms with Gasteiger partial charge in [0, 0.05) is 7.05 Å². The fraction of sp³-hybridized carbons (Fsp3) is 0.818. The summed E-state index contributed by atoms with van der Waals surface area (Å²) in [5, 5.41) is 9.03. The summed E-state index contributed by atoms with van der Waals surface area (Å²) in [4.78, 5) is 23.8. The number of nitrogens with two attached hydrogens (primary N) is 1. The summed E-state index contributed by atoms with van der Waals surface area (Å²) < 4.78 is 5.10. The number of carbonyl (C=O) groups is 2. The molecule has 0 saturated carbocycles. The van der Waals surface area contributed by atoms with Crippen LogP contribution in [0.25, 0.3) is 0 Å². The predicted octanol–water partition coefficient (Wildman–Crippen LogP) is 1.05. The first-order valence-electron chi connectivity index (χ1n) is 5.57. The SMILES string of the molecule is CN(C(=O)OC(C)(C)C)C(CCCN)C(=O)O. The van der Waals surface area contributed by atoms with Crippen molar-refractivity contribution < 1.29 is 19.4 Å². The monoisotopic (exact) mass is 246 g/mol. The second kappa shape index (κ2) is 6.44. The van der Waals surface area contributed by atoms with Crippen LogP contribution >= 0.6 is 0 Å². The van der Waals surface area contributed by atoms with E-state index < -0.39 is 23.7 Å². The number of carboxylic acids is 1. The Labute approximate surface area is 102 Å². The number of ether oxygens (including phenoxy) is 1.